The fourth-order valence-electron chi connectivity index (χ4n) is 1.87. The van der Waals surface area contributed by atoms with Gasteiger partial charge in [0.05, 0.1) is 17.2 Å². The first-order chi connectivity index (χ1) is 10.3. The van der Waals surface area contributed by atoms with Gasteiger partial charge in [0, 0.05) is 17.2 Å². The van der Waals surface area contributed by atoms with Gasteiger partial charge >= 0.3 is 5.97 Å². The lowest BCUT2D eigenvalue weighted by Gasteiger charge is -2.06. The Morgan fingerprint density at radius 3 is 2.77 bits per heavy atom. The number of hydrogen-bond acceptors (Lipinski definition) is 6. The molecule has 0 aliphatic carbocycles. The summed E-state index contributed by atoms with van der Waals surface area (Å²) in [7, 11) is -3.26. The number of thiazole rings is 1. The number of aromatic nitrogens is 1. The van der Waals surface area contributed by atoms with E-state index >= 15 is 0 Å². The van der Waals surface area contributed by atoms with Gasteiger partial charge in [-0.1, -0.05) is 12.1 Å². The van der Waals surface area contributed by atoms with Crippen molar-refractivity contribution in [1.82, 2.24) is 4.98 Å². The Hall–Kier alpha value is -1.73. The first-order valence-electron chi connectivity index (χ1n) is 6.75. The Labute approximate surface area is 133 Å². The highest BCUT2D eigenvalue weighted by molar-refractivity contribution is 7.90. The molecule has 0 bridgehead atoms. The summed E-state index contributed by atoms with van der Waals surface area (Å²) in [5.41, 5.74) is 1.36. The Bertz CT molecular complexity index is 780. The minimum absolute atomic E-state index is 0.248. The second kappa shape index (κ2) is 6.58. The second-order valence-electron chi connectivity index (χ2n) is 4.84. The van der Waals surface area contributed by atoms with Gasteiger partial charge in [0.15, 0.2) is 9.84 Å². The summed E-state index contributed by atoms with van der Waals surface area (Å²) in [6.45, 7) is 3.83. The van der Waals surface area contributed by atoms with Gasteiger partial charge in [-0.3, -0.25) is 4.79 Å². The maximum atomic E-state index is 11.7. The molecule has 0 unspecified atom stereocenters. The van der Waals surface area contributed by atoms with Crippen molar-refractivity contribution < 1.29 is 17.9 Å². The molecule has 0 saturated carbocycles. The molecule has 0 N–H and O–H groups in total. The molecule has 2 aromatic rings. The molecule has 0 spiro atoms. The van der Waals surface area contributed by atoms with Gasteiger partial charge in [0.1, 0.15) is 10.9 Å². The van der Waals surface area contributed by atoms with E-state index in [4.69, 9.17) is 4.74 Å². The smallest absolute Gasteiger partial charge is 0.315 e. The van der Waals surface area contributed by atoms with Crippen LogP contribution in [0.5, 0.6) is 0 Å². The summed E-state index contributed by atoms with van der Waals surface area (Å²) in [6.07, 6.45) is 1.17. The molecule has 7 heteroatoms. The van der Waals surface area contributed by atoms with E-state index < -0.39 is 15.8 Å². The normalized spacial score (nSPS) is 12.9. The van der Waals surface area contributed by atoms with E-state index in [0.717, 1.165) is 0 Å². The van der Waals surface area contributed by atoms with E-state index in [2.05, 4.69) is 4.98 Å². The van der Waals surface area contributed by atoms with Crippen molar-refractivity contribution in [2.75, 3.05) is 12.9 Å². The third-order valence-corrected chi connectivity index (χ3v) is 5.23. The van der Waals surface area contributed by atoms with Crippen molar-refractivity contribution in [2.45, 2.75) is 24.7 Å². The first-order valence-corrected chi connectivity index (χ1v) is 9.52. The summed E-state index contributed by atoms with van der Waals surface area (Å²) < 4.78 is 28.2. The number of carbonyl (C=O) groups excluding carboxylic acids is 1. The van der Waals surface area contributed by atoms with E-state index in [9.17, 15) is 13.2 Å². The average Bonchev–Trinajstić information content (AvgIpc) is 2.95. The number of esters is 1. The van der Waals surface area contributed by atoms with Crippen LogP contribution >= 0.6 is 11.3 Å². The SMILES string of the molecule is CCOC(=O)[C@@H](C)c1nc(-c2cccc(S(C)(=O)=O)c2)cs1. The van der Waals surface area contributed by atoms with Crippen molar-refractivity contribution in [3.8, 4) is 11.3 Å². The lowest BCUT2D eigenvalue weighted by Crippen LogP contribution is -2.12. The maximum Gasteiger partial charge on any atom is 0.315 e. The quantitative estimate of drug-likeness (QED) is 0.783. The molecular weight excluding hydrogens is 322 g/mol. The Morgan fingerprint density at radius 1 is 1.41 bits per heavy atom. The Kier molecular flexibility index (Phi) is 4.97. The summed E-state index contributed by atoms with van der Waals surface area (Å²) in [5, 5.41) is 2.46. The topological polar surface area (TPSA) is 73.3 Å². The summed E-state index contributed by atoms with van der Waals surface area (Å²) >= 11 is 1.36. The van der Waals surface area contributed by atoms with Crippen LogP contribution in [-0.4, -0.2) is 32.2 Å². The minimum atomic E-state index is -3.26. The standard InChI is InChI=1S/C15H17NO4S2/c1-4-20-15(17)10(2)14-16-13(9-21-14)11-6-5-7-12(8-11)22(3,18)19/h5-10H,4H2,1-3H3/t10-/m0/s1. The van der Waals surface area contributed by atoms with Crippen molar-refractivity contribution in [1.29, 1.82) is 0 Å². The molecule has 0 radical (unpaired) electrons. The highest BCUT2D eigenvalue weighted by Gasteiger charge is 2.20. The largest absolute Gasteiger partial charge is 0.465 e. The maximum absolute atomic E-state index is 11.7. The minimum Gasteiger partial charge on any atom is -0.465 e. The molecule has 1 atom stereocenters. The van der Waals surface area contributed by atoms with E-state index in [1.54, 1.807) is 38.1 Å². The molecule has 1 aromatic carbocycles. The Balaban J connectivity index is 2.31. The number of carbonyl (C=O) groups is 1. The molecule has 0 aliphatic rings. The molecule has 1 heterocycles. The zero-order chi connectivity index (χ0) is 16.3. The fourth-order valence-corrected chi connectivity index (χ4v) is 3.41. The number of nitrogens with zero attached hydrogens (tertiary/aromatic N) is 1. The number of ether oxygens (including phenoxy) is 1. The lowest BCUT2D eigenvalue weighted by atomic mass is 10.1. The van der Waals surface area contributed by atoms with Crippen LogP contribution in [0.4, 0.5) is 0 Å². The van der Waals surface area contributed by atoms with Gasteiger partial charge in [-0.05, 0) is 26.0 Å². The van der Waals surface area contributed by atoms with E-state index in [1.165, 1.54) is 17.6 Å². The van der Waals surface area contributed by atoms with E-state index in [0.29, 0.717) is 22.9 Å². The second-order valence-corrected chi connectivity index (χ2v) is 7.75. The molecule has 0 fully saturated rings. The average molecular weight is 339 g/mol. The van der Waals surface area contributed by atoms with Crippen LogP contribution in [-0.2, 0) is 19.4 Å². The summed E-state index contributed by atoms with van der Waals surface area (Å²) in [5.74, 6) is -0.745. The molecule has 118 valence electrons. The van der Waals surface area contributed by atoms with Crippen LogP contribution in [0.15, 0.2) is 34.5 Å². The third kappa shape index (κ3) is 3.72. The molecule has 0 saturated heterocycles. The van der Waals surface area contributed by atoms with Crippen LogP contribution in [0.25, 0.3) is 11.3 Å². The van der Waals surface area contributed by atoms with Crippen LogP contribution in [0.3, 0.4) is 0 Å². The van der Waals surface area contributed by atoms with Crippen LogP contribution < -0.4 is 0 Å². The zero-order valence-corrected chi connectivity index (χ0v) is 14.2. The fraction of sp³-hybridized carbons (Fsp3) is 0.333. The van der Waals surface area contributed by atoms with Gasteiger partial charge in [-0.2, -0.15) is 0 Å². The lowest BCUT2D eigenvalue weighted by molar-refractivity contribution is -0.144. The van der Waals surface area contributed by atoms with Gasteiger partial charge in [0.25, 0.3) is 0 Å². The predicted octanol–water partition coefficient (Wildman–Crippen LogP) is 2.88. The number of benzene rings is 1. The zero-order valence-electron chi connectivity index (χ0n) is 12.6. The molecule has 22 heavy (non-hydrogen) atoms. The van der Waals surface area contributed by atoms with Gasteiger partial charge < -0.3 is 4.74 Å². The number of sulfone groups is 1. The summed E-state index contributed by atoms with van der Waals surface area (Å²) in [4.78, 5) is 16.4. The highest BCUT2D eigenvalue weighted by Crippen LogP contribution is 2.28. The molecule has 1 aromatic heterocycles. The molecule has 0 amide bonds. The van der Waals surface area contributed by atoms with E-state index in [1.807, 2.05) is 5.38 Å². The van der Waals surface area contributed by atoms with Crippen LogP contribution in [0.1, 0.15) is 24.8 Å². The monoisotopic (exact) mass is 339 g/mol. The van der Waals surface area contributed by atoms with Crippen molar-refractivity contribution in [3.05, 3.63) is 34.7 Å². The van der Waals surface area contributed by atoms with E-state index in [-0.39, 0.29) is 10.9 Å². The number of rotatable bonds is 5. The number of hydrogen-bond donors (Lipinski definition) is 0. The van der Waals surface area contributed by atoms with Gasteiger partial charge in [-0.15, -0.1) is 11.3 Å². The summed E-state index contributed by atoms with van der Waals surface area (Å²) in [6, 6.07) is 6.61. The van der Waals surface area contributed by atoms with Gasteiger partial charge in [0.2, 0.25) is 0 Å². The Morgan fingerprint density at radius 2 is 2.14 bits per heavy atom. The molecular formula is C15H17NO4S2. The predicted molar refractivity (Wildman–Crippen MR) is 85.7 cm³/mol. The van der Waals surface area contributed by atoms with Crippen molar-refractivity contribution >= 4 is 27.1 Å². The highest BCUT2D eigenvalue weighted by atomic mass is 32.2. The van der Waals surface area contributed by atoms with Crippen molar-refractivity contribution in [3.63, 3.8) is 0 Å². The van der Waals surface area contributed by atoms with Crippen LogP contribution in [0.2, 0.25) is 0 Å². The third-order valence-electron chi connectivity index (χ3n) is 3.09. The molecule has 5 nitrogen and oxygen atoms in total. The van der Waals surface area contributed by atoms with Crippen molar-refractivity contribution in [2.24, 2.45) is 0 Å². The van der Waals surface area contributed by atoms with Gasteiger partial charge in [-0.25, -0.2) is 13.4 Å². The molecule has 2 rings (SSSR count). The first kappa shape index (κ1) is 16.6. The molecule has 0 aliphatic heterocycles. The van der Waals surface area contributed by atoms with Crippen LogP contribution in [0, 0.1) is 0 Å².